The van der Waals surface area contributed by atoms with Gasteiger partial charge in [-0.2, -0.15) is 0 Å². The summed E-state index contributed by atoms with van der Waals surface area (Å²) in [7, 11) is 0. The average molecular weight is 228 g/mol. The highest BCUT2D eigenvalue weighted by molar-refractivity contribution is 6.30. The maximum atomic E-state index is 13.3. The monoisotopic (exact) mass is 227 g/mol. The number of hydrogen-bond donors (Lipinski definition) is 1. The van der Waals surface area contributed by atoms with Crippen LogP contribution in [0.1, 0.15) is 23.8 Å². The number of alkyl halides is 1. The molecule has 1 aromatic rings. The molecule has 1 aromatic carbocycles. The van der Waals surface area contributed by atoms with E-state index >= 15 is 0 Å². The third-order valence-corrected chi connectivity index (χ3v) is 2.77. The third kappa shape index (κ3) is 2.48. The molecule has 1 fully saturated rings. The summed E-state index contributed by atoms with van der Waals surface area (Å²) in [6.45, 7) is 0. The predicted octanol–water partition coefficient (Wildman–Crippen LogP) is 2.38. The molecular weight excluding hydrogens is 217 g/mol. The van der Waals surface area contributed by atoms with Crippen LogP contribution in [-0.4, -0.2) is 11.9 Å². The first-order chi connectivity index (χ1) is 7.18. The van der Waals surface area contributed by atoms with Crippen molar-refractivity contribution in [1.82, 2.24) is 5.32 Å². The highest BCUT2D eigenvalue weighted by Gasteiger charge is 2.28. The van der Waals surface area contributed by atoms with E-state index in [0.29, 0.717) is 0 Å². The molecule has 0 spiro atoms. The van der Waals surface area contributed by atoms with Gasteiger partial charge < -0.3 is 5.32 Å². The van der Waals surface area contributed by atoms with Gasteiger partial charge in [0.2, 0.25) is 5.91 Å². The van der Waals surface area contributed by atoms with Crippen LogP contribution in [0.3, 0.4) is 0 Å². The molecule has 1 saturated carbocycles. The molecule has 1 amide bonds. The second-order valence-electron chi connectivity index (χ2n) is 3.67. The number of benzene rings is 1. The van der Waals surface area contributed by atoms with Crippen molar-refractivity contribution >= 4 is 17.5 Å². The van der Waals surface area contributed by atoms with E-state index in [1.165, 1.54) is 12.1 Å². The summed E-state index contributed by atoms with van der Waals surface area (Å²) in [5.41, 5.74) is 0.234. The van der Waals surface area contributed by atoms with E-state index in [9.17, 15) is 9.18 Å². The summed E-state index contributed by atoms with van der Waals surface area (Å²) in [6.07, 6.45) is 1.99. The number of carbonyl (C=O) groups excluding carboxylic acids is 1. The Morgan fingerprint density at radius 3 is 2.73 bits per heavy atom. The van der Waals surface area contributed by atoms with Crippen molar-refractivity contribution in [3.05, 3.63) is 35.6 Å². The normalized spacial score (nSPS) is 17.2. The molecule has 1 unspecified atom stereocenters. The molecule has 2 nitrogen and oxygen atoms in total. The molecule has 80 valence electrons. The van der Waals surface area contributed by atoms with E-state index in [4.69, 9.17) is 11.6 Å². The lowest BCUT2D eigenvalue weighted by atomic mass is 10.1. The van der Waals surface area contributed by atoms with Gasteiger partial charge in [-0.1, -0.05) is 18.2 Å². The first-order valence-electron chi connectivity index (χ1n) is 4.87. The van der Waals surface area contributed by atoms with E-state index < -0.39 is 11.2 Å². The molecule has 15 heavy (non-hydrogen) atoms. The van der Waals surface area contributed by atoms with Crippen LogP contribution < -0.4 is 5.32 Å². The van der Waals surface area contributed by atoms with Gasteiger partial charge in [-0.15, -0.1) is 11.6 Å². The van der Waals surface area contributed by atoms with Crippen molar-refractivity contribution in [2.24, 2.45) is 0 Å². The number of halogens is 2. The second kappa shape index (κ2) is 4.19. The average Bonchev–Trinajstić information content (AvgIpc) is 3.01. The van der Waals surface area contributed by atoms with E-state index in [1.54, 1.807) is 12.1 Å². The van der Waals surface area contributed by atoms with Crippen LogP contribution in [0.4, 0.5) is 4.39 Å². The van der Waals surface area contributed by atoms with E-state index in [-0.39, 0.29) is 17.5 Å². The number of hydrogen-bond acceptors (Lipinski definition) is 1. The zero-order valence-corrected chi connectivity index (χ0v) is 8.80. The number of carbonyl (C=O) groups is 1. The first kappa shape index (κ1) is 10.4. The van der Waals surface area contributed by atoms with E-state index in [2.05, 4.69) is 5.32 Å². The van der Waals surface area contributed by atoms with Crippen LogP contribution in [-0.2, 0) is 4.79 Å². The largest absolute Gasteiger partial charge is 0.352 e. The quantitative estimate of drug-likeness (QED) is 0.790. The van der Waals surface area contributed by atoms with Crippen LogP contribution in [0.15, 0.2) is 24.3 Å². The number of amides is 1. The van der Waals surface area contributed by atoms with E-state index in [1.807, 2.05) is 0 Å². The summed E-state index contributed by atoms with van der Waals surface area (Å²) in [5, 5.41) is 1.80. The lowest BCUT2D eigenvalue weighted by molar-refractivity contribution is -0.121. The molecule has 4 heteroatoms. The Morgan fingerprint density at radius 2 is 2.13 bits per heavy atom. The summed E-state index contributed by atoms with van der Waals surface area (Å²) in [6, 6.07) is 6.30. The van der Waals surface area contributed by atoms with Crippen LogP contribution in [0, 0.1) is 5.82 Å². The highest BCUT2D eigenvalue weighted by Crippen LogP contribution is 2.26. The summed E-state index contributed by atoms with van der Waals surface area (Å²) in [5.74, 6) is -0.757. The lowest BCUT2D eigenvalue weighted by Crippen LogP contribution is -2.29. The molecule has 0 heterocycles. The van der Waals surface area contributed by atoms with Crippen LogP contribution in [0.5, 0.6) is 0 Å². The fourth-order valence-electron chi connectivity index (χ4n) is 1.32. The van der Waals surface area contributed by atoms with Crippen molar-refractivity contribution < 1.29 is 9.18 Å². The summed E-state index contributed by atoms with van der Waals surface area (Å²) < 4.78 is 13.3. The molecule has 1 atom stereocenters. The van der Waals surface area contributed by atoms with Gasteiger partial charge in [-0.25, -0.2) is 4.39 Å². The van der Waals surface area contributed by atoms with Crippen LogP contribution in [0.25, 0.3) is 0 Å². The van der Waals surface area contributed by atoms with Crippen molar-refractivity contribution in [3.63, 3.8) is 0 Å². The molecule has 0 radical (unpaired) electrons. The number of rotatable bonds is 3. The van der Waals surface area contributed by atoms with Gasteiger partial charge in [0.25, 0.3) is 0 Å². The summed E-state index contributed by atoms with van der Waals surface area (Å²) in [4.78, 5) is 11.5. The van der Waals surface area contributed by atoms with Gasteiger partial charge in [-0.05, 0) is 18.9 Å². The Bertz CT molecular complexity index is 379. The molecule has 2 rings (SSSR count). The minimum absolute atomic E-state index is 0.234. The zero-order valence-electron chi connectivity index (χ0n) is 8.04. The fourth-order valence-corrected chi connectivity index (χ4v) is 1.56. The lowest BCUT2D eigenvalue weighted by Gasteiger charge is -2.10. The standard InChI is InChI=1S/C11H11ClFNO/c12-10(11(15)14-7-5-6-7)8-3-1-2-4-9(8)13/h1-4,7,10H,5-6H2,(H,14,15). The van der Waals surface area contributed by atoms with Crippen molar-refractivity contribution in [3.8, 4) is 0 Å². The smallest absolute Gasteiger partial charge is 0.242 e. The topological polar surface area (TPSA) is 29.1 Å². The minimum atomic E-state index is -0.938. The van der Waals surface area contributed by atoms with Gasteiger partial charge in [0.1, 0.15) is 11.2 Å². The SMILES string of the molecule is O=C(NC1CC1)C(Cl)c1ccccc1F. The van der Waals surface area contributed by atoms with Crippen LogP contribution >= 0.6 is 11.6 Å². The Balaban J connectivity index is 2.08. The molecule has 0 aromatic heterocycles. The molecule has 0 saturated heterocycles. The fraction of sp³-hybridized carbons (Fsp3) is 0.364. The minimum Gasteiger partial charge on any atom is -0.352 e. The maximum absolute atomic E-state index is 13.3. The first-order valence-corrected chi connectivity index (χ1v) is 5.31. The predicted molar refractivity (Wildman–Crippen MR) is 56.2 cm³/mol. The van der Waals surface area contributed by atoms with Gasteiger partial charge in [0.15, 0.2) is 0 Å². The highest BCUT2D eigenvalue weighted by atomic mass is 35.5. The van der Waals surface area contributed by atoms with Gasteiger partial charge in [-0.3, -0.25) is 4.79 Å². The molecule has 0 bridgehead atoms. The van der Waals surface area contributed by atoms with E-state index in [0.717, 1.165) is 12.8 Å². The second-order valence-corrected chi connectivity index (χ2v) is 4.10. The van der Waals surface area contributed by atoms with Gasteiger partial charge in [0.05, 0.1) is 0 Å². The molecule has 1 aliphatic rings. The van der Waals surface area contributed by atoms with Crippen molar-refractivity contribution in [2.75, 3.05) is 0 Å². The summed E-state index contributed by atoms with van der Waals surface area (Å²) >= 11 is 5.88. The Labute approximate surface area is 92.4 Å². The molecule has 1 N–H and O–H groups in total. The molecular formula is C11H11ClFNO. The van der Waals surface area contributed by atoms with Crippen molar-refractivity contribution in [1.29, 1.82) is 0 Å². The van der Waals surface area contributed by atoms with Crippen molar-refractivity contribution in [2.45, 2.75) is 24.3 Å². The maximum Gasteiger partial charge on any atom is 0.242 e. The Morgan fingerprint density at radius 1 is 1.47 bits per heavy atom. The molecule has 1 aliphatic carbocycles. The zero-order chi connectivity index (χ0) is 10.8. The third-order valence-electron chi connectivity index (χ3n) is 2.33. The van der Waals surface area contributed by atoms with Gasteiger partial charge in [0, 0.05) is 11.6 Å². The van der Waals surface area contributed by atoms with Crippen LogP contribution in [0.2, 0.25) is 0 Å². The Kier molecular flexibility index (Phi) is 2.91. The van der Waals surface area contributed by atoms with Gasteiger partial charge >= 0.3 is 0 Å². The number of nitrogens with one attached hydrogen (secondary N) is 1. The molecule has 0 aliphatic heterocycles. The Hall–Kier alpha value is -1.09.